The quantitative estimate of drug-likeness (QED) is 0.689. The molecule has 7 nitrogen and oxygen atoms in total. The van der Waals surface area contributed by atoms with Gasteiger partial charge in [0.15, 0.2) is 0 Å². The van der Waals surface area contributed by atoms with Crippen molar-refractivity contribution in [1.29, 1.82) is 0 Å². The van der Waals surface area contributed by atoms with E-state index in [-0.39, 0.29) is 17.4 Å². The second kappa shape index (κ2) is 6.46. The maximum Gasteiger partial charge on any atom is 0.232 e. The highest BCUT2D eigenvalue weighted by molar-refractivity contribution is 6.34. The number of amides is 1. The summed E-state index contributed by atoms with van der Waals surface area (Å²) in [6.45, 7) is 0.979. The minimum absolute atomic E-state index is 0.0761. The number of carbonyl (C=O) groups excluding carboxylic acids is 1. The fourth-order valence-corrected chi connectivity index (χ4v) is 4.27. The van der Waals surface area contributed by atoms with Gasteiger partial charge in [0.2, 0.25) is 11.8 Å². The molecule has 6 rings (SSSR count). The zero-order valence-electron chi connectivity index (χ0n) is 15.3. The fraction of sp³-hybridized carbons (Fsp3) is 0.350. The van der Waals surface area contributed by atoms with Crippen LogP contribution in [0.1, 0.15) is 18.5 Å². The van der Waals surface area contributed by atoms with Crippen molar-refractivity contribution in [3.63, 3.8) is 0 Å². The van der Waals surface area contributed by atoms with E-state index in [1.54, 1.807) is 19.5 Å². The molecule has 144 valence electrons. The van der Waals surface area contributed by atoms with Crippen LogP contribution in [-0.4, -0.2) is 40.7 Å². The van der Waals surface area contributed by atoms with E-state index in [1.807, 2.05) is 18.2 Å². The van der Waals surface area contributed by atoms with E-state index in [4.69, 9.17) is 21.1 Å². The standard InChI is InChI=1S/C20H19ClN4O3/c1-27-18-9-22-17(8-23-18)14-4-16-11(3-15(14)21)2-12(25-16)7-24-19(26)20-5-13(6-20)28-10-20/h2-4,8-9,13,25H,5-7,10H2,1H3,(H,24,26). The summed E-state index contributed by atoms with van der Waals surface area (Å²) in [6, 6.07) is 5.83. The van der Waals surface area contributed by atoms with Crippen LogP contribution in [0.3, 0.4) is 0 Å². The Labute approximate surface area is 166 Å². The normalized spacial score (nSPS) is 22.9. The SMILES string of the molecule is COc1cnc(-c2cc3[nH]c(CNC(=O)C45COC(C4)C5)cc3cc2Cl)cn1. The highest BCUT2D eigenvalue weighted by Gasteiger charge is 2.56. The molecule has 1 aliphatic carbocycles. The number of halogens is 1. The van der Waals surface area contributed by atoms with Gasteiger partial charge in [-0.15, -0.1) is 0 Å². The Morgan fingerprint density at radius 1 is 1.36 bits per heavy atom. The number of hydrogen-bond acceptors (Lipinski definition) is 5. The van der Waals surface area contributed by atoms with E-state index < -0.39 is 0 Å². The molecule has 2 bridgehead atoms. The Balaban J connectivity index is 1.36. The van der Waals surface area contributed by atoms with Crippen LogP contribution < -0.4 is 10.1 Å². The Morgan fingerprint density at radius 3 is 2.89 bits per heavy atom. The molecular formula is C20H19ClN4O3. The molecule has 3 fully saturated rings. The molecule has 4 heterocycles. The van der Waals surface area contributed by atoms with Crippen molar-refractivity contribution in [2.45, 2.75) is 25.5 Å². The van der Waals surface area contributed by atoms with E-state index >= 15 is 0 Å². The van der Waals surface area contributed by atoms with Gasteiger partial charge >= 0.3 is 0 Å². The zero-order chi connectivity index (χ0) is 19.3. The molecule has 0 radical (unpaired) electrons. The van der Waals surface area contributed by atoms with Crippen LogP contribution in [0.5, 0.6) is 5.88 Å². The summed E-state index contributed by atoms with van der Waals surface area (Å²) >= 11 is 6.46. The third-order valence-electron chi connectivity index (χ3n) is 5.63. The number of aromatic nitrogens is 3. The summed E-state index contributed by atoms with van der Waals surface area (Å²) in [5.74, 6) is 0.524. The average Bonchev–Trinajstić information content (AvgIpc) is 3.39. The predicted octanol–water partition coefficient (Wildman–Crippen LogP) is 3.08. The molecule has 2 saturated heterocycles. The number of fused-ring (bicyclic) bond motifs is 2. The highest BCUT2D eigenvalue weighted by Crippen LogP contribution is 2.50. The van der Waals surface area contributed by atoms with Crippen LogP contribution in [-0.2, 0) is 16.1 Å². The molecule has 8 heteroatoms. The van der Waals surface area contributed by atoms with Crippen molar-refractivity contribution in [2.75, 3.05) is 13.7 Å². The van der Waals surface area contributed by atoms with Crippen molar-refractivity contribution < 1.29 is 14.3 Å². The maximum atomic E-state index is 12.5. The van der Waals surface area contributed by atoms with Gasteiger partial charge in [-0.05, 0) is 31.0 Å². The fourth-order valence-electron chi connectivity index (χ4n) is 4.00. The monoisotopic (exact) mass is 398 g/mol. The highest BCUT2D eigenvalue weighted by atomic mass is 35.5. The summed E-state index contributed by atoms with van der Waals surface area (Å²) in [4.78, 5) is 24.4. The molecule has 2 aromatic heterocycles. The molecular weight excluding hydrogens is 380 g/mol. The molecule has 0 unspecified atom stereocenters. The zero-order valence-corrected chi connectivity index (χ0v) is 16.0. The van der Waals surface area contributed by atoms with E-state index in [9.17, 15) is 4.79 Å². The number of aromatic amines is 1. The molecule has 1 saturated carbocycles. The lowest BCUT2D eigenvalue weighted by Gasteiger charge is -2.33. The number of methoxy groups -OCH3 is 1. The van der Waals surface area contributed by atoms with Crippen LogP contribution in [0.2, 0.25) is 5.02 Å². The lowest BCUT2D eigenvalue weighted by molar-refractivity contribution is -0.133. The van der Waals surface area contributed by atoms with Crippen molar-refractivity contribution >= 4 is 28.4 Å². The molecule has 1 amide bonds. The first-order valence-corrected chi connectivity index (χ1v) is 9.52. The second-order valence-electron chi connectivity index (χ2n) is 7.46. The lowest BCUT2D eigenvalue weighted by Crippen LogP contribution is -2.46. The number of hydrogen-bond donors (Lipinski definition) is 2. The van der Waals surface area contributed by atoms with Crippen LogP contribution in [0.25, 0.3) is 22.2 Å². The first-order chi connectivity index (χ1) is 13.6. The first kappa shape index (κ1) is 17.5. The van der Waals surface area contributed by atoms with E-state index in [1.165, 1.54) is 0 Å². The molecule has 28 heavy (non-hydrogen) atoms. The van der Waals surface area contributed by atoms with Crippen molar-refractivity contribution in [1.82, 2.24) is 20.3 Å². The summed E-state index contributed by atoms with van der Waals surface area (Å²) in [5, 5.41) is 4.60. The Morgan fingerprint density at radius 2 is 2.21 bits per heavy atom. The number of benzene rings is 1. The summed E-state index contributed by atoms with van der Waals surface area (Å²) < 4.78 is 10.6. The Bertz CT molecular complexity index is 1050. The van der Waals surface area contributed by atoms with Gasteiger partial charge in [0.1, 0.15) is 0 Å². The number of carbonyl (C=O) groups is 1. The van der Waals surface area contributed by atoms with Crippen molar-refractivity contribution in [3.05, 3.63) is 41.3 Å². The first-order valence-electron chi connectivity index (χ1n) is 9.14. The number of rotatable bonds is 5. The van der Waals surface area contributed by atoms with Crippen molar-refractivity contribution in [3.8, 4) is 17.1 Å². The van der Waals surface area contributed by atoms with Gasteiger partial charge in [0.25, 0.3) is 0 Å². The molecule has 2 aliphatic heterocycles. The van der Waals surface area contributed by atoms with Crippen LogP contribution >= 0.6 is 11.6 Å². The minimum atomic E-state index is -0.305. The van der Waals surface area contributed by atoms with Gasteiger partial charge in [-0.1, -0.05) is 11.6 Å². The molecule has 1 aromatic carbocycles. The molecule has 2 N–H and O–H groups in total. The molecule has 3 aromatic rings. The minimum Gasteiger partial charge on any atom is -0.480 e. The van der Waals surface area contributed by atoms with Crippen LogP contribution in [0, 0.1) is 5.41 Å². The molecule has 0 spiro atoms. The van der Waals surface area contributed by atoms with Gasteiger partial charge in [-0.25, -0.2) is 9.97 Å². The summed E-state index contributed by atoms with van der Waals surface area (Å²) in [7, 11) is 1.55. The third-order valence-corrected chi connectivity index (χ3v) is 5.94. The maximum absolute atomic E-state index is 12.5. The van der Waals surface area contributed by atoms with E-state index in [2.05, 4.69) is 20.3 Å². The summed E-state index contributed by atoms with van der Waals surface area (Å²) in [5.41, 5.74) is 2.98. The predicted molar refractivity (Wildman–Crippen MR) is 104 cm³/mol. The third kappa shape index (κ3) is 2.82. The second-order valence-corrected chi connectivity index (χ2v) is 7.87. The topological polar surface area (TPSA) is 89.1 Å². The van der Waals surface area contributed by atoms with Gasteiger partial charge in [0.05, 0.1) is 54.9 Å². The largest absolute Gasteiger partial charge is 0.480 e. The summed E-state index contributed by atoms with van der Waals surface area (Å²) in [6.07, 6.45) is 5.15. The van der Waals surface area contributed by atoms with Crippen LogP contribution in [0.4, 0.5) is 0 Å². The van der Waals surface area contributed by atoms with Gasteiger partial charge in [-0.2, -0.15) is 0 Å². The van der Waals surface area contributed by atoms with E-state index in [0.29, 0.717) is 29.7 Å². The molecule has 3 aliphatic rings. The molecule has 0 atom stereocenters. The van der Waals surface area contributed by atoms with Gasteiger partial charge in [-0.3, -0.25) is 4.79 Å². The van der Waals surface area contributed by atoms with Gasteiger partial charge < -0.3 is 19.8 Å². The van der Waals surface area contributed by atoms with Crippen LogP contribution in [0.15, 0.2) is 30.6 Å². The van der Waals surface area contributed by atoms with Crippen molar-refractivity contribution in [2.24, 2.45) is 5.41 Å². The number of H-pyrrole nitrogens is 1. The number of nitrogens with one attached hydrogen (secondary N) is 2. The van der Waals surface area contributed by atoms with Gasteiger partial charge in [0, 0.05) is 22.2 Å². The Kier molecular flexibility index (Phi) is 4.03. The number of nitrogens with zero attached hydrogens (tertiary/aromatic N) is 2. The Hall–Kier alpha value is -2.64. The number of ether oxygens (including phenoxy) is 2. The van der Waals surface area contributed by atoms with E-state index in [0.717, 1.165) is 35.0 Å². The average molecular weight is 399 g/mol. The lowest BCUT2D eigenvalue weighted by atomic mass is 9.69. The smallest absolute Gasteiger partial charge is 0.232 e.